The van der Waals surface area contributed by atoms with Gasteiger partial charge in [-0.15, -0.1) is 10.2 Å². The lowest BCUT2D eigenvalue weighted by Crippen LogP contribution is -2.26. The standard InChI is InChI=1S/C13H15N3O3S/c1-16(7-11-14-15-12(8-17)20-11)13(18)19-9-10-5-3-2-4-6-10/h2-6,17H,7-9H2,1H3. The first-order valence-electron chi connectivity index (χ1n) is 6.03. The van der Waals surface area contributed by atoms with Gasteiger partial charge >= 0.3 is 6.09 Å². The Hall–Kier alpha value is -1.99. The van der Waals surface area contributed by atoms with E-state index in [2.05, 4.69) is 10.2 Å². The smallest absolute Gasteiger partial charge is 0.410 e. The average Bonchev–Trinajstić information content (AvgIpc) is 2.93. The van der Waals surface area contributed by atoms with Gasteiger partial charge in [0, 0.05) is 7.05 Å². The molecule has 0 saturated heterocycles. The summed E-state index contributed by atoms with van der Waals surface area (Å²) in [5.74, 6) is 0. The Bertz CT molecular complexity index is 559. The maximum Gasteiger partial charge on any atom is 0.410 e. The first-order chi connectivity index (χ1) is 9.69. The molecule has 0 radical (unpaired) electrons. The summed E-state index contributed by atoms with van der Waals surface area (Å²) in [6.45, 7) is 0.410. The zero-order chi connectivity index (χ0) is 14.4. The Morgan fingerprint density at radius 1 is 1.30 bits per heavy atom. The van der Waals surface area contributed by atoms with Crippen molar-refractivity contribution in [3.8, 4) is 0 Å². The molecule has 1 heterocycles. The summed E-state index contributed by atoms with van der Waals surface area (Å²) < 4.78 is 5.19. The molecule has 106 valence electrons. The number of carbonyl (C=O) groups excluding carboxylic acids is 1. The van der Waals surface area contributed by atoms with Crippen LogP contribution in [0.3, 0.4) is 0 Å². The number of hydrogen-bond donors (Lipinski definition) is 1. The van der Waals surface area contributed by atoms with E-state index < -0.39 is 6.09 Å². The predicted molar refractivity (Wildman–Crippen MR) is 73.9 cm³/mol. The average molecular weight is 293 g/mol. The molecule has 0 atom stereocenters. The van der Waals surface area contributed by atoms with Crippen LogP contribution < -0.4 is 0 Å². The number of carbonyl (C=O) groups is 1. The van der Waals surface area contributed by atoms with Gasteiger partial charge in [-0.1, -0.05) is 41.7 Å². The molecule has 20 heavy (non-hydrogen) atoms. The second-order valence-electron chi connectivity index (χ2n) is 4.14. The van der Waals surface area contributed by atoms with E-state index in [4.69, 9.17) is 9.84 Å². The molecule has 0 fully saturated rings. The molecule has 0 unspecified atom stereocenters. The lowest BCUT2D eigenvalue weighted by Gasteiger charge is -2.15. The minimum atomic E-state index is -0.422. The van der Waals surface area contributed by atoms with Crippen LogP contribution in [-0.4, -0.2) is 33.3 Å². The fourth-order valence-electron chi connectivity index (χ4n) is 1.51. The van der Waals surface area contributed by atoms with Crippen molar-refractivity contribution in [2.24, 2.45) is 0 Å². The van der Waals surface area contributed by atoms with E-state index in [1.165, 1.54) is 16.2 Å². The van der Waals surface area contributed by atoms with Gasteiger partial charge in [-0.05, 0) is 5.56 Å². The third kappa shape index (κ3) is 4.01. The van der Waals surface area contributed by atoms with Crippen LogP contribution in [0.5, 0.6) is 0 Å². The van der Waals surface area contributed by atoms with Crippen LogP contribution in [0.4, 0.5) is 4.79 Å². The van der Waals surface area contributed by atoms with Crippen molar-refractivity contribution in [3.05, 3.63) is 45.9 Å². The van der Waals surface area contributed by atoms with Crippen LogP contribution in [0.1, 0.15) is 15.6 Å². The molecule has 0 aliphatic rings. The van der Waals surface area contributed by atoms with Crippen LogP contribution in [0.25, 0.3) is 0 Å². The van der Waals surface area contributed by atoms with Crippen LogP contribution in [0, 0.1) is 0 Å². The molecule has 0 spiro atoms. The zero-order valence-corrected chi connectivity index (χ0v) is 11.8. The largest absolute Gasteiger partial charge is 0.445 e. The van der Waals surface area contributed by atoms with Gasteiger partial charge in [-0.2, -0.15) is 0 Å². The minimum Gasteiger partial charge on any atom is -0.445 e. The maximum atomic E-state index is 11.8. The molecular formula is C13H15N3O3S. The molecule has 2 aromatic rings. The number of rotatable bonds is 5. The molecule has 1 aromatic carbocycles. The number of aliphatic hydroxyl groups is 1. The van der Waals surface area contributed by atoms with Crippen LogP contribution in [0.2, 0.25) is 0 Å². The van der Waals surface area contributed by atoms with Crippen LogP contribution in [0.15, 0.2) is 30.3 Å². The quantitative estimate of drug-likeness (QED) is 0.909. The summed E-state index contributed by atoms with van der Waals surface area (Å²) >= 11 is 1.27. The molecule has 1 aromatic heterocycles. The summed E-state index contributed by atoms with van der Waals surface area (Å²) in [6, 6.07) is 9.48. The Morgan fingerprint density at radius 3 is 2.65 bits per heavy atom. The highest BCUT2D eigenvalue weighted by molar-refractivity contribution is 7.11. The van der Waals surface area contributed by atoms with Gasteiger partial charge in [0.25, 0.3) is 0 Å². The van der Waals surface area contributed by atoms with Gasteiger partial charge in [0.2, 0.25) is 0 Å². The molecule has 0 aliphatic heterocycles. The van der Waals surface area contributed by atoms with Crippen molar-refractivity contribution < 1.29 is 14.6 Å². The van der Waals surface area contributed by atoms with E-state index >= 15 is 0 Å². The number of amides is 1. The number of aromatic nitrogens is 2. The third-order valence-electron chi connectivity index (χ3n) is 2.53. The predicted octanol–water partition coefficient (Wildman–Crippen LogP) is 1.80. The SMILES string of the molecule is CN(Cc1nnc(CO)s1)C(=O)OCc1ccccc1. The highest BCUT2D eigenvalue weighted by atomic mass is 32.1. The number of hydrogen-bond acceptors (Lipinski definition) is 6. The molecule has 7 heteroatoms. The van der Waals surface area contributed by atoms with Gasteiger partial charge in [0.1, 0.15) is 16.6 Å². The molecular weight excluding hydrogens is 278 g/mol. The first-order valence-corrected chi connectivity index (χ1v) is 6.84. The molecule has 1 amide bonds. The van der Waals surface area contributed by atoms with Crippen LogP contribution in [-0.2, 0) is 24.5 Å². The highest BCUT2D eigenvalue weighted by Gasteiger charge is 2.13. The van der Waals surface area contributed by atoms with Gasteiger partial charge in [-0.25, -0.2) is 4.79 Å². The van der Waals surface area contributed by atoms with Gasteiger partial charge in [-0.3, -0.25) is 0 Å². The minimum absolute atomic E-state index is 0.139. The summed E-state index contributed by atoms with van der Waals surface area (Å²) in [5, 5.41) is 17.8. The fourth-order valence-corrected chi connectivity index (χ4v) is 2.27. The Morgan fingerprint density at radius 2 is 2.00 bits per heavy atom. The Balaban J connectivity index is 1.82. The topological polar surface area (TPSA) is 75.5 Å². The van der Waals surface area contributed by atoms with Crippen molar-refractivity contribution in [2.45, 2.75) is 19.8 Å². The van der Waals surface area contributed by atoms with Crippen molar-refractivity contribution in [1.82, 2.24) is 15.1 Å². The molecule has 0 aliphatic carbocycles. The maximum absolute atomic E-state index is 11.8. The van der Waals surface area contributed by atoms with E-state index in [1.807, 2.05) is 30.3 Å². The third-order valence-corrected chi connectivity index (χ3v) is 3.43. The van der Waals surface area contributed by atoms with Crippen molar-refractivity contribution >= 4 is 17.4 Å². The Labute approximate surface area is 120 Å². The molecule has 0 bridgehead atoms. The summed E-state index contributed by atoms with van der Waals surface area (Å²) in [4.78, 5) is 13.2. The number of ether oxygens (including phenoxy) is 1. The molecule has 0 saturated carbocycles. The molecule has 6 nitrogen and oxygen atoms in total. The number of nitrogens with zero attached hydrogens (tertiary/aromatic N) is 3. The van der Waals surface area contributed by atoms with Crippen molar-refractivity contribution in [2.75, 3.05) is 7.05 Å². The van der Waals surface area contributed by atoms with Crippen molar-refractivity contribution in [1.29, 1.82) is 0 Å². The second-order valence-corrected chi connectivity index (χ2v) is 5.29. The lowest BCUT2D eigenvalue weighted by molar-refractivity contribution is 0.102. The monoisotopic (exact) mass is 293 g/mol. The van der Waals surface area contributed by atoms with Gasteiger partial charge in [0.15, 0.2) is 0 Å². The first kappa shape index (κ1) is 14.4. The van der Waals surface area contributed by atoms with Crippen molar-refractivity contribution in [3.63, 3.8) is 0 Å². The summed E-state index contributed by atoms with van der Waals surface area (Å²) in [5.41, 5.74) is 0.938. The lowest BCUT2D eigenvalue weighted by atomic mass is 10.2. The van der Waals surface area contributed by atoms with Gasteiger partial charge in [0.05, 0.1) is 13.2 Å². The van der Waals surface area contributed by atoms with Gasteiger partial charge < -0.3 is 14.7 Å². The van der Waals surface area contributed by atoms with E-state index in [0.717, 1.165) is 5.56 Å². The number of benzene rings is 1. The van der Waals surface area contributed by atoms with E-state index in [1.54, 1.807) is 7.05 Å². The van der Waals surface area contributed by atoms with Crippen LogP contribution >= 0.6 is 11.3 Å². The summed E-state index contributed by atoms with van der Waals surface area (Å²) in [6.07, 6.45) is -0.422. The van der Waals surface area contributed by atoms with E-state index in [-0.39, 0.29) is 13.2 Å². The Kier molecular flexibility index (Phi) is 5.03. The highest BCUT2D eigenvalue weighted by Crippen LogP contribution is 2.12. The number of aliphatic hydroxyl groups excluding tert-OH is 1. The fraction of sp³-hybridized carbons (Fsp3) is 0.308. The van der Waals surface area contributed by atoms with E-state index in [0.29, 0.717) is 16.6 Å². The normalized spacial score (nSPS) is 10.3. The van der Waals surface area contributed by atoms with E-state index in [9.17, 15) is 4.79 Å². The second kappa shape index (κ2) is 6.97. The molecule has 2 rings (SSSR count). The zero-order valence-electron chi connectivity index (χ0n) is 11.0. The molecule has 1 N–H and O–H groups in total. The summed E-state index contributed by atoms with van der Waals surface area (Å²) in [7, 11) is 1.63.